The lowest BCUT2D eigenvalue weighted by Crippen LogP contribution is -2.07. The molecule has 1 aliphatic rings. The number of nitrogens with zero attached hydrogens (tertiary/aromatic N) is 1. The molecule has 2 nitrogen and oxygen atoms in total. The van der Waals surface area contributed by atoms with Gasteiger partial charge in [0, 0.05) is 18.0 Å². The van der Waals surface area contributed by atoms with Crippen LogP contribution in [0.1, 0.15) is 41.6 Å². The van der Waals surface area contributed by atoms with Gasteiger partial charge in [0.25, 0.3) is 0 Å². The van der Waals surface area contributed by atoms with Crippen LogP contribution in [0.3, 0.4) is 0 Å². The summed E-state index contributed by atoms with van der Waals surface area (Å²) in [5.74, 6) is 0.158. The third-order valence-electron chi connectivity index (χ3n) is 2.72. The summed E-state index contributed by atoms with van der Waals surface area (Å²) in [7, 11) is 0. The molecular formula is C13H15NO. The lowest BCUT2D eigenvalue weighted by Gasteiger charge is -2.11. The van der Waals surface area contributed by atoms with Crippen molar-refractivity contribution in [3.05, 3.63) is 41.2 Å². The molecule has 0 bridgehead atoms. The monoisotopic (exact) mass is 201 g/mol. The van der Waals surface area contributed by atoms with Crippen LogP contribution < -0.4 is 0 Å². The van der Waals surface area contributed by atoms with Crippen LogP contribution in [0, 0.1) is 6.92 Å². The number of aromatic nitrogens is 1. The lowest BCUT2D eigenvalue weighted by atomic mass is 9.93. The summed E-state index contributed by atoms with van der Waals surface area (Å²) in [6, 6.07) is 1.91. The first-order chi connectivity index (χ1) is 7.27. The third-order valence-corrected chi connectivity index (χ3v) is 2.72. The molecular weight excluding hydrogens is 186 g/mol. The van der Waals surface area contributed by atoms with Crippen LogP contribution in [0.15, 0.2) is 30.1 Å². The molecule has 0 N–H and O–H groups in total. The molecule has 0 saturated heterocycles. The average molecular weight is 201 g/mol. The van der Waals surface area contributed by atoms with Crippen molar-refractivity contribution in [2.45, 2.75) is 32.6 Å². The standard InChI is InChI=1S/C13H15NO/c1-10-7-12(9-14-8-10)13(15)11-5-3-2-4-6-11/h5,7-9H,2-4,6H2,1H3. The maximum atomic E-state index is 12.0. The Hall–Kier alpha value is -1.44. The SMILES string of the molecule is Cc1cncc(C(=O)C2=CCCCC2)c1. The van der Waals surface area contributed by atoms with Crippen molar-refractivity contribution in [1.29, 1.82) is 0 Å². The Balaban J connectivity index is 2.24. The van der Waals surface area contributed by atoms with E-state index in [2.05, 4.69) is 11.1 Å². The van der Waals surface area contributed by atoms with Crippen LogP contribution in [0.5, 0.6) is 0 Å². The molecule has 0 unspecified atom stereocenters. The topological polar surface area (TPSA) is 30.0 Å². The van der Waals surface area contributed by atoms with E-state index in [4.69, 9.17) is 0 Å². The molecule has 2 rings (SSSR count). The minimum absolute atomic E-state index is 0.158. The van der Waals surface area contributed by atoms with Crippen molar-refractivity contribution in [2.75, 3.05) is 0 Å². The first kappa shape index (κ1) is 10.1. The van der Waals surface area contributed by atoms with E-state index in [1.54, 1.807) is 12.4 Å². The van der Waals surface area contributed by atoms with Crippen molar-refractivity contribution in [3.63, 3.8) is 0 Å². The van der Waals surface area contributed by atoms with Crippen molar-refractivity contribution < 1.29 is 4.79 Å². The molecule has 2 heteroatoms. The lowest BCUT2D eigenvalue weighted by molar-refractivity contribution is 0.102. The molecule has 1 aromatic rings. The number of hydrogen-bond acceptors (Lipinski definition) is 2. The molecule has 0 aromatic carbocycles. The second-order valence-corrected chi connectivity index (χ2v) is 4.06. The molecule has 0 aliphatic heterocycles. The van der Waals surface area contributed by atoms with Gasteiger partial charge in [-0.2, -0.15) is 0 Å². The zero-order valence-corrected chi connectivity index (χ0v) is 8.99. The van der Waals surface area contributed by atoms with Gasteiger partial charge in [-0.05, 0) is 49.8 Å². The number of carbonyl (C=O) groups is 1. The Morgan fingerprint density at radius 1 is 1.33 bits per heavy atom. The van der Waals surface area contributed by atoms with Crippen LogP contribution in [-0.4, -0.2) is 10.8 Å². The number of pyridine rings is 1. The van der Waals surface area contributed by atoms with E-state index in [9.17, 15) is 4.79 Å². The van der Waals surface area contributed by atoms with Crippen molar-refractivity contribution in [2.24, 2.45) is 0 Å². The van der Waals surface area contributed by atoms with Crippen LogP contribution in [0.4, 0.5) is 0 Å². The molecule has 78 valence electrons. The highest BCUT2D eigenvalue weighted by molar-refractivity contribution is 6.08. The summed E-state index contributed by atoms with van der Waals surface area (Å²) in [4.78, 5) is 16.1. The summed E-state index contributed by atoms with van der Waals surface area (Å²) < 4.78 is 0. The number of aryl methyl sites for hydroxylation is 1. The molecule has 0 saturated carbocycles. The van der Waals surface area contributed by atoms with E-state index in [1.807, 2.05) is 13.0 Å². The summed E-state index contributed by atoms with van der Waals surface area (Å²) in [6.45, 7) is 1.96. The summed E-state index contributed by atoms with van der Waals surface area (Å²) in [5.41, 5.74) is 2.73. The number of allylic oxidation sites excluding steroid dienone is 2. The zero-order chi connectivity index (χ0) is 10.7. The predicted molar refractivity (Wildman–Crippen MR) is 59.9 cm³/mol. The van der Waals surface area contributed by atoms with E-state index < -0.39 is 0 Å². The molecule has 15 heavy (non-hydrogen) atoms. The minimum Gasteiger partial charge on any atom is -0.289 e. The Morgan fingerprint density at radius 3 is 2.87 bits per heavy atom. The fourth-order valence-electron chi connectivity index (χ4n) is 1.91. The Bertz CT molecular complexity index is 407. The van der Waals surface area contributed by atoms with Gasteiger partial charge in [0.15, 0.2) is 5.78 Å². The van der Waals surface area contributed by atoms with Gasteiger partial charge < -0.3 is 0 Å². The van der Waals surface area contributed by atoms with Gasteiger partial charge >= 0.3 is 0 Å². The van der Waals surface area contributed by atoms with E-state index in [0.29, 0.717) is 0 Å². The summed E-state index contributed by atoms with van der Waals surface area (Å²) in [6.07, 6.45) is 9.82. The fourth-order valence-corrected chi connectivity index (χ4v) is 1.91. The van der Waals surface area contributed by atoms with Crippen LogP contribution in [0.25, 0.3) is 0 Å². The smallest absolute Gasteiger partial charge is 0.190 e. The number of rotatable bonds is 2. The number of carbonyl (C=O) groups excluding carboxylic acids is 1. The normalized spacial score (nSPS) is 15.9. The van der Waals surface area contributed by atoms with E-state index in [0.717, 1.165) is 36.0 Å². The Labute approximate surface area is 90.0 Å². The van der Waals surface area contributed by atoms with Crippen LogP contribution in [-0.2, 0) is 0 Å². The largest absolute Gasteiger partial charge is 0.289 e. The first-order valence-electron chi connectivity index (χ1n) is 5.43. The van der Waals surface area contributed by atoms with Crippen LogP contribution in [0.2, 0.25) is 0 Å². The highest BCUT2D eigenvalue weighted by Crippen LogP contribution is 2.21. The van der Waals surface area contributed by atoms with Crippen molar-refractivity contribution >= 4 is 5.78 Å². The highest BCUT2D eigenvalue weighted by atomic mass is 16.1. The van der Waals surface area contributed by atoms with E-state index in [1.165, 1.54) is 6.42 Å². The minimum atomic E-state index is 0.158. The average Bonchev–Trinajstić information content (AvgIpc) is 2.29. The molecule has 0 spiro atoms. The Kier molecular flexibility index (Phi) is 2.95. The van der Waals surface area contributed by atoms with Gasteiger partial charge in [0.05, 0.1) is 0 Å². The zero-order valence-electron chi connectivity index (χ0n) is 8.99. The maximum absolute atomic E-state index is 12.0. The summed E-state index contributed by atoms with van der Waals surface area (Å²) >= 11 is 0. The number of hydrogen-bond donors (Lipinski definition) is 0. The first-order valence-corrected chi connectivity index (χ1v) is 5.43. The van der Waals surface area contributed by atoms with Crippen molar-refractivity contribution in [1.82, 2.24) is 4.98 Å². The molecule has 1 aliphatic carbocycles. The molecule has 0 fully saturated rings. The highest BCUT2D eigenvalue weighted by Gasteiger charge is 2.14. The predicted octanol–water partition coefficient (Wildman–Crippen LogP) is 3.07. The van der Waals surface area contributed by atoms with Gasteiger partial charge in [-0.1, -0.05) is 6.08 Å². The quantitative estimate of drug-likeness (QED) is 0.688. The Morgan fingerprint density at radius 2 is 2.20 bits per heavy atom. The second-order valence-electron chi connectivity index (χ2n) is 4.06. The fraction of sp³-hybridized carbons (Fsp3) is 0.385. The molecule has 0 radical (unpaired) electrons. The number of Topliss-reactive ketones (excluding diaryl/α,β-unsaturated/α-hetero) is 1. The van der Waals surface area contributed by atoms with Crippen molar-refractivity contribution in [3.8, 4) is 0 Å². The van der Waals surface area contributed by atoms with Gasteiger partial charge in [0.1, 0.15) is 0 Å². The summed E-state index contributed by atoms with van der Waals surface area (Å²) in [5, 5.41) is 0. The molecule has 0 atom stereocenters. The van der Waals surface area contributed by atoms with Gasteiger partial charge in [-0.25, -0.2) is 0 Å². The molecule has 1 aromatic heterocycles. The maximum Gasteiger partial charge on any atom is 0.190 e. The second kappa shape index (κ2) is 4.39. The van der Waals surface area contributed by atoms with Crippen LogP contribution >= 0.6 is 0 Å². The van der Waals surface area contributed by atoms with Gasteiger partial charge in [0.2, 0.25) is 0 Å². The molecule has 1 heterocycles. The molecule has 0 amide bonds. The van der Waals surface area contributed by atoms with Gasteiger partial charge in [-0.3, -0.25) is 9.78 Å². The van der Waals surface area contributed by atoms with E-state index >= 15 is 0 Å². The van der Waals surface area contributed by atoms with E-state index in [-0.39, 0.29) is 5.78 Å². The number of ketones is 1. The van der Waals surface area contributed by atoms with Gasteiger partial charge in [-0.15, -0.1) is 0 Å². The third kappa shape index (κ3) is 2.32.